The van der Waals surface area contributed by atoms with Crippen LogP contribution in [0, 0.1) is 11.8 Å². The molecule has 2 fully saturated rings. The van der Waals surface area contributed by atoms with Crippen LogP contribution < -0.4 is 0 Å². The van der Waals surface area contributed by atoms with Gasteiger partial charge in [-0.05, 0) is 25.3 Å². The van der Waals surface area contributed by atoms with Gasteiger partial charge in [-0.1, -0.05) is 19.0 Å². The summed E-state index contributed by atoms with van der Waals surface area (Å²) in [4.78, 5) is 21.4. The summed E-state index contributed by atoms with van der Waals surface area (Å²) in [5.74, 6) is 2.30. The summed E-state index contributed by atoms with van der Waals surface area (Å²) in [7, 11) is 0. The Labute approximate surface area is 143 Å². The molecular weight excluding hydrogens is 308 g/mol. The quantitative estimate of drug-likeness (QED) is 0.808. The summed E-state index contributed by atoms with van der Waals surface area (Å²) in [6.07, 6.45) is 2.84. The Kier molecular flexibility index (Phi) is 5.84. The first-order valence-electron chi connectivity index (χ1n) is 9.02. The molecular formula is C17H28N4O3. The standard InChI is InChI=1S/C17H28N4O3/c1-13(2)10-15-18-16(24-19-15)12-20-5-3-4-14(11-20)17(22)21-6-8-23-9-7-21/h13-14H,3-12H2,1-2H3/t14-/m1/s1. The van der Waals surface area contributed by atoms with Crippen molar-refractivity contribution < 1.29 is 14.1 Å². The number of nitrogens with zero attached hydrogens (tertiary/aromatic N) is 4. The van der Waals surface area contributed by atoms with Gasteiger partial charge in [-0.3, -0.25) is 9.69 Å². The molecule has 1 atom stereocenters. The average molecular weight is 336 g/mol. The topological polar surface area (TPSA) is 71.7 Å². The van der Waals surface area contributed by atoms with Gasteiger partial charge < -0.3 is 14.2 Å². The van der Waals surface area contributed by atoms with Crippen molar-refractivity contribution in [2.75, 3.05) is 39.4 Å². The van der Waals surface area contributed by atoms with Gasteiger partial charge in [0, 0.05) is 26.1 Å². The molecule has 3 heterocycles. The molecule has 0 aromatic carbocycles. The van der Waals surface area contributed by atoms with Crippen molar-refractivity contribution in [2.45, 2.75) is 39.7 Å². The van der Waals surface area contributed by atoms with Crippen LogP contribution in [0.25, 0.3) is 0 Å². The molecule has 0 bridgehead atoms. The molecule has 7 nitrogen and oxygen atoms in total. The van der Waals surface area contributed by atoms with Crippen LogP contribution in [0.15, 0.2) is 4.52 Å². The SMILES string of the molecule is CC(C)Cc1noc(CN2CCC[C@@H](C(=O)N3CCOCC3)C2)n1. The number of hydrogen-bond acceptors (Lipinski definition) is 6. The van der Waals surface area contributed by atoms with Crippen molar-refractivity contribution >= 4 is 5.91 Å². The third kappa shape index (κ3) is 4.54. The number of ether oxygens (including phenoxy) is 1. The van der Waals surface area contributed by atoms with E-state index in [9.17, 15) is 4.79 Å². The number of rotatable bonds is 5. The first-order chi connectivity index (χ1) is 11.6. The molecule has 0 unspecified atom stereocenters. The molecule has 0 aliphatic carbocycles. The second-order valence-electron chi connectivity index (χ2n) is 7.21. The largest absolute Gasteiger partial charge is 0.378 e. The lowest BCUT2D eigenvalue weighted by Crippen LogP contribution is -2.48. The highest BCUT2D eigenvalue weighted by molar-refractivity contribution is 5.79. The second kappa shape index (κ2) is 8.07. The summed E-state index contributed by atoms with van der Waals surface area (Å²) in [5, 5.41) is 4.05. The number of carbonyl (C=O) groups is 1. The zero-order valence-electron chi connectivity index (χ0n) is 14.7. The van der Waals surface area contributed by atoms with Crippen LogP contribution in [-0.2, 0) is 22.5 Å². The molecule has 1 aromatic rings. The highest BCUT2D eigenvalue weighted by atomic mass is 16.5. The zero-order chi connectivity index (χ0) is 16.9. The van der Waals surface area contributed by atoms with Crippen molar-refractivity contribution in [1.82, 2.24) is 19.9 Å². The number of likely N-dealkylation sites (tertiary alicyclic amines) is 1. The molecule has 2 saturated heterocycles. The number of amides is 1. The summed E-state index contributed by atoms with van der Waals surface area (Å²) in [6, 6.07) is 0. The lowest BCUT2D eigenvalue weighted by molar-refractivity contribution is -0.141. The van der Waals surface area contributed by atoms with E-state index in [1.807, 2.05) is 4.90 Å². The summed E-state index contributed by atoms with van der Waals surface area (Å²) in [5.41, 5.74) is 0. The Hall–Kier alpha value is -1.47. The van der Waals surface area contributed by atoms with Crippen molar-refractivity contribution in [2.24, 2.45) is 11.8 Å². The van der Waals surface area contributed by atoms with Gasteiger partial charge in [-0.2, -0.15) is 4.98 Å². The van der Waals surface area contributed by atoms with E-state index in [0.29, 0.717) is 31.6 Å². The predicted molar refractivity (Wildman–Crippen MR) is 88.2 cm³/mol. The summed E-state index contributed by atoms with van der Waals surface area (Å²) < 4.78 is 10.7. The van der Waals surface area contributed by atoms with Crippen LogP contribution in [-0.4, -0.2) is 65.2 Å². The molecule has 2 aliphatic rings. The van der Waals surface area contributed by atoms with E-state index in [1.54, 1.807) is 0 Å². The zero-order valence-corrected chi connectivity index (χ0v) is 14.7. The molecule has 134 valence electrons. The minimum absolute atomic E-state index is 0.0786. The van der Waals surface area contributed by atoms with Crippen molar-refractivity contribution in [3.05, 3.63) is 11.7 Å². The summed E-state index contributed by atoms with van der Waals surface area (Å²) >= 11 is 0. The van der Waals surface area contributed by atoms with Crippen LogP contribution in [0.5, 0.6) is 0 Å². The van der Waals surface area contributed by atoms with E-state index in [0.717, 1.165) is 51.3 Å². The van der Waals surface area contributed by atoms with Crippen molar-refractivity contribution in [3.8, 4) is 0 Å². The van der Waals surface area contributed by atoms with Gasteiger partial charge in [0.2, 0.25) is 11.8 Å². The molecule has 0 spiro atoms. The average Bonchev–Trinajstić information content (AvgIpc) is 3.01. The third-order valence-corrected chi connectivity index (χ3v) is 4.64. The van der Waals surface area contributed by atoms with Gasteiger partial charge in [-0.15, -0.1) is 0 Å². The van der Waals surface area contributed by atoms with Crippen LogP contribution >= 0.6 is 0 Å². The van der Waals surface area contributed by atoms with E-state index >= 15 is 0 Å². The number of carbonyl (C=O) groups excluding carboxylic acids is 1. The van der Waals surface area contributed by atoms with Gasteiger partial charge in [0.05, 0.1) is 25.7 Å². The van der Waals surface area contributed by atoms with Crippen LogP contribution in [0.3, 0.4) is 0 Å². The fourth-order valence-corrected chi connectivity index (χ4v) is 3.44. The van der Waals surface area contributed by atoms with Gasteiger partial charge >= 0.3 is 0 Å². The van der Waals surface area contributed by atoms with Crippen LogP contribution in [0.1, 0.15) is 38.4 Å². The second-order valence-corrected chi connectivity index (χ2v) is 7.21. The molecule has 0 N–H and O–H groups in total. The third-order valence-electron chi connectivity index (χ3n) is 4.64. The van der Waals surface area contributed by atoms with E-state index in [-0.39, 0.29) is 11.8 Å². The molecule has 0 saturated carbocycles. The molecule has 1 amide bonds. The normalized spacial score (nSPS) is 23.0. The predicted octanol–water partition coefficient (Wildman–Crippen LogP) is 1.34. The van der Waals surface area contributed by atoms with Crippen LogP contribution in [0.4, 0.5) is 0 Å². The van der Waals surface area contributed by atoms with Crippen molar-refractivity contribution in [3.63, 3.8) is 0 Å². The monoisotopic (exact) mass is 336 g/mol. The van der Waals surface area contributed by atoms with E-state index in [1.165, 1.54) is 0 Å². The Morgan fingerprint density at radius 1 is 1.29 bits per heavy atom. The van der Waals surface area contributed by atoms with Gasteiger partial charge in [0.25, 0.3) is 0 Å². The maximum atomic E-state index is 12.7. The van der Waals surface area contributed by atoms with Gasteiger partial charge in [-0.25, -0.2) is 0 Å². The van der Waals surface area contributed by atoms with Gasteiger partial charge in [0.15, 0.2) is 5.82 Å². The lowest BCUT2D eigenvalue weighted by Gasteiger charge is -2.35. The molecule has 7 heteroatoms. The Morgan fingerprint density at radius 3 is 2.83 bits per heavy atom. The molecule has 1 aromatic heterocycles. The fourth-order valence-electron chi connectivity index (χ4n) is 3.44. The fraction of sp³-hybridized carbons (Fsp3) is 0.824. The Balaban J connectivity index is 1.53. The summed E-state index contributed by atoms with van der Waals surface area (Å²) in [6.45, 7) is 9.43. The first kappa shape index (κ1) is 17.4. The number of morpholine rings is 1. The Bertz CT molecular complexity index is 540. The lowest BCUT2D eigenvalue weighted by atomic mass is 9.96. The van der Waals surface area contributed by atoms with Gasteiger partial charge in [0.1, 0.15) is 0 Å². The maximum Gasteiger partial charge on any atom is 0.240 e. The maximum absolute atomic E-state index is 12.7. The first-order valence-corrected chi connectivity index (χ1v) is 9.02. The number of piperidine rings is 1. The number of hydrogen-bond donors (Lipinski definition) is 0. The number of aromatic nitrogens is 2. The van der Waals surface area contributed by atoms with E-state index in [4.69, 9.17) is 9.26 Å². The molecule has 2 aliphatic heterocycles. The van der Waals surface area contributed by atoms with E-state index in [2.05, 4.69) is 28.9 Å². The smallest absolute Gasteiger partial charge is 0.240 e. The van der Waals surface area contributed by atoms with E-state index < -0.39 is 0 Å². The Morgan fingerprint density at radius 2 is 2.08 bits per heavy atom. The minimum Gasteiger partial charge on any atom is -0.378 e. The van der Waals surface area contributed by atoms with Crippen molar-refractivity contribution in [1.29, 1.82) is 0 Å². The molecule has 24 heavy (non-hydrogen) atoms. The molecule has 0 radical (unpaired) electrons. The highest BCUT2D eigenvalue weighted by Gasteiger charge is 2.30. The van der Waals surface area contributed by atoms with Crippen LogP contribution in [0.2, 0.25) is 0 Å². The minimum atomic E-state index is 0.0786. The molecule has 3 rings (SSSR count). The highest BCUT2D eigenvalue weighted by Crippen LogP contribution is 2.21.